The zero-order valence-corrected chi connectivity index (χ0v) is 7.07. The van der Waals surface area contributed by atoms with Crippen LogP contribution in [0.15, 0.2) is 36.4 Å². The van der Waals surface area contributed by atoms with E-state index in [1.807, 2.05) is 24.3 Å². The Kier molecular flexibility index (Phi) is 1.91. The van der Waals surface area contributed by atoms with Crippen LogP contribution < -0.4 is 0 Å². The van der Waals surface area contributed by atoms with Crippen LogP contribution in [0, 0.1) is 0 Å². The van der Waals surface area contributed by atoms with Crippen LogP contribution >= 0.6 is 0 Å². The van der Waals surface area contributed by atoms with Gasteiger partial charge in [0.2, 0.25) is 0 Å². The van der Waals surface area contributed by atoms with Crippen LogP contribution in [0.4, 0.5) is 0 Å². The van der Waals surface area contributed by atoms with E-state index in [2.05, 4.69) is 0 Å². The van der Waals surface area contributed by atoms with Gasteiger partial charge in [0.05, 0.1) is 6.61 Å². The normalized spacial score (nSPS) is 10.5. The second-order valence-corrected chi connectivity index (χ2v) is 3.02. The highest BCUT2D eigenvalue weighted by molar-refractivity contribution is 5.84. The zero-order chi connectivity index (χ0) is 9.26. The molecule has 2 N–H and O–H groups in total. The number of fused-ring (bicyclic) bond motifs is 1. The third kappa shape index (κ3) is 1.48. The van der Waals surface area contributed by atoms with Crippen molar-refractivity contribution in [2.45, 2.75) is 6.61 Å². The van der Waals surface area contributed by atoms with E-state index in [4.69, 9.17) is 5.11 Å². The minimum absolute atomic E-state index is 0.0333. The fourth-order valence-electron chi connectivity index (χ4n) is 1.38. The molecule has 0 aliphatic heterocycles. The molecule has 2 rings (SSSR count). The summed E-state index contributed by atoms with van der Waals surface area (Å²) in [6.07, 6.45) is 0. The number of phenols is 1. The molecule has 2 nitrogen and oxygen atoms in total. The Morgan fingerprint density at radius 2 is 1.69 bits per heavy atom. The second kappa shape index (κ2) is 3.07. The number of aliphatic hydroxyl groups excluding tert-OH is 1. The molecule has 0 fully saturated rings. The molecule has 2 aromatic carbocycles. The smallest absolute Gasteiger partial charge is 0.116 e. The molecule has 0 aliphatic rings. The minimum atomic E-state index is 0.0333. The van der Waals surface area contributed by atoms with Gasteiger partial charge in [0.25, 0.3) is 0 Å². The summed E-state index contributed by atoms with van der Waals surface area (Å²) in [4.78, 5) is 0. The maximum absolute atomic E-state index is 9.23. The van der Waals surface area contributed by atoms with Gasteiger partial charge in [0.15, 0.2) is 0 Å². The van der Waals surface area contributed by atoms with Gasteiger partial charge < -0.3 is 10.2 Å². The molecule has 0 unspecified atom stereocenters. The summed E-state index contributed by atoms with van der Waals surface area (Å²) in [5, 5.41) is 20.2. The molecule has 0 heterocycles. The summed E-state index contributed by atoms with van der Waals surface area (Å²) in [6, 6.07) is 10.9. The monoisotopic (exact) mass is 174 g/mol. The number of benzene rings is 2. The number of aromatic hydroxyl groups is 1. The lowest BCUT2D eigenvalue weighted by Gasteiger charge is -2.00. The van der Waals surface area contributed by atoms with E-state index in [0.29, 0.717) is 0 Å². The van der Waals surface area contributed by atoms with Crippen LogP contribution in [-0.4, -0.2) is 10.2 Å². The molecule has 0 atom stereocenters. The van der Waals surface area contributed by atoms with Gasteiger partial charge in [-0.25, -0.2) is 0 Å². The third-order valence-corrected chi connectivity index (χ3v) is 2.07. The summed E-state index contributed by atoms with van der Waals surface area (Å²) in [6.45, 7) is 0.0333. The predicted octanol–water partition coefficient (Wildman–Crippen LogP) is 2.04. The van der Waals surface area contributed by atoms with Crippen molar-refractivity contribution in [2.75, 3.05) is 0 Å². The Labute approximate surface area is 76.1 Å². The molecule has 0 amide bonds. The summed E-state index contributed by atoms with van der Waals surface area (Å²) in [5.41, 5.74) is 0.859. The van der Waals surface area contributed by atoms with Crippen LogP contribution in [0.25, 0.3) is 10.8 Å². The molecule has 0 saturated heterocycles. The van der Waals surface area contributed by atoms with Gasteiger partial charge in [0, 0.05) is 0 Å². The van der Waals surface area contributed by atoms with Gasteiger partial charge in [0.1, 0.15) is 5.75 Å². The van der Waals surface area contributed by atoms with Crippen molar-refractivity contribution in [1.82, 2.24) is 0 Å². The molecule has 2 heteroatoms. The highest BCUT2D eigenvalue weighted by Crippen LogP contribution is 2.20. The first-order chi connectivity index (χ1) is 6.29. The first kappa shape index (κ1) is 8.08. The maximum Gasteiger partial charge on any atom is 0.116 e. The third-order valence-electron chi connectivity index (χ3n) is 2.07. The highest BCUT2D eigenvalue weighted by atomic mass is 16.3. The summed E-state index contributed by atoms with van der Waals surface area (Å²) >= 11 is 0. The largest absolute Gasteiger partial charge is 0.508 e. The van der Waals surface area contributed by atoms with Gasteiger partial charge in [-0.1, -0.05) is 18.2 Å². The topological polar surface area (TPSA) is 40.5 Å². The van der Waals surface area contributed by atoms with E-state index in [1.54, 1.807) is 12.1 Å². The van der Waals surface area contributed by atoms with Crippen molar-refractivity contribution in [3.05, 3.63) is 42.0 Å². The van der Waals surface area contributed by atoms with E-state index in [1.165, 1.54) is 0 Å². The predicted molar refractivity (Wildman–Crippen MR) is 51.5 cm³/mol. The number of hydrogen-bond donors (Lipinski definition) is 2. The van der Waals surface area contributed by atoms with Gasteiger partial charge in [-0.15, -0.1) is 0 Å². The number of phenolic OH excluding ortho intramolecular Hbond substituents is 1. The van der Waals surface area contributed by atoms with Crippen LogP contribution in [-0.2, 0) is 6.61 Å². The molecule has 0 radical (unpaired) electrons. The Bertz CT molecular complexity index is 435. The van der Waals surface area contributed by atoms with Crippen LogP contribution in [0.3, 0.4) is 0 Å². The van der Waals surface area contributed by atoms with E-state index in [0.717, 1.165) is 16.3 Å². The molecule has 2 aromatic rings. The molecule has 66 valence electrons. The quantitative estimate of drug-likeness (QED) is 0.694. The Morgan fingerprint density at radius 1 is 0.923 bits per heavy atom. The Balaban J connectivity index is 2.68. The second-order valence-electron chi connectivity index (χ2n) is 3.02. The summed E-state index contributed by atoms with van der Waals surface area (Å²) in [5.74, 6) is 0.252. The maximum atomic E-state index is 9.23. The molecular formula is C11H10O2. The first-order valence-electron chi connectivity index (χ1n) is 4.12. The lowest BCUT2D eigenvalue weighted by atomic mass is 10.1. The fourth-order valence-corrected chi connectivity index (χ4v) is 1.38. The van der Waals surface area contributed by atoms with E-state index >= 15 is 0 Å². The molecule has 0 bridgehead atoms. The molecule has 0 saturated carbocycles. The molecule has 0 aliphatic carbocycles. The zero-order valence-electron chi connectivity index (χ0n) is 7.07. The Morgan fingerprint density at radius 3 is 2.46 bits per heavy atom. The van der Waals surface area contributed by atoms with Crippen molar-refractivity contribution in [1.29, 1.82) is 0 Å². The van der Waals surface area contributed by atoms with E-state index in [-0.39, 0.29) is 12.4 Å². The fraction of sp³-hybridized carbons (Fsp3) is 0.0909. The first-order valence-corrected chi connectivity index (χ1v) is 4.12. The number of rotatable bonds is 1. The van der Waals surface area contributed by atoms with Gasteiger partial charge in [-0.05, 0) is 34.5 Å². The van der Waals surface area contributed by atoms with Crippen molar-refractivity contribution in [3.63, 3.8) is 0 Å². The minimum Gasteiger partial charge on any atom is -0.508 e. The molecule has 13 heavy (non-hydrogen) atoms. The summed E-state index contributed by atoms with van der Waals surface area (Å²) < 4.78 is 0. The van der Waals surface area contributed by atoms with Gasteiger partial charge in [-0.3, -0.25) is 0 Å². The SMILES string of the molecule is OCc1ccc2ccc(O)cc2c1. The standard InChI is InChI=1S/C11H10O2/c12-7-8-1-2-9-3-4-11(13)6-10(9)5-8/h1-6,12-13H,7H2. The van der Waals surface area contributed by atoms with Crippen molar-refractivity contribution in [2.24, 2.45) is 0 Å². The van der Waals surface area contributed by atoms with Gasteiger partial charge >= 0.3 is 0 Å². The number of aliphatic hydroxyl groups is 1. The van der Waals surface area contributed by atoms with E-state index in [9.17, 15) is 5.11 Å². The Hall–Kier alpha value is -1.54. The van der Waals surface area contributed by atoms with Gasteiger partial charge in [-0.2, -0.15) is 0 Å². The molecule has 0 aromatic heterocycles. The average Bonchev–Trinajstić information content (AvgIpc) is 2.16. The van der Waals surface area contributed by atoms with Crippen molar-refractivity contribution < 1.29 is 10.2 Å². The van der Waals surface area contributed by atoms with Crippen LogP contribution in [0.5, 0.6) is 5.75 Å². The van der Waals surface area contributed by atoms with Crippen molar-refractivity contribution in [3.8, 4) is 5.75 Å². The lowest BCUT2D eigenvalue weighted by Crippen LogP contribution is -1.82. The van der Waals surface area contributed by atoms with E-state index < -0.39 is 0 Å². The lowest BCUT2D eigenvalue weighted by molar-refractivity contribution is 0.282. The van der Waals surface area contributed by atoms with Crippen molar-refractivity contribution >= 4 is 10.8 Å². The average molecular weight is 174 g/mol. The van der Waals surface area contributed by atoms with Crippen LogP contribution in [0.2, 0.25) is 0 Å². The number of hydrogen-bond acceptors (Lipinski definition) is 2. The highest BCUT2D eigenvalue weighted by Gasteiger charge is 1.96. The van der Waals surface area contributed by atoms with Crippen LogP contribution in [0.1, 0.15) is 5.56 Å². The molecular weight excluding hydrogens is 164 g/mol. The summed E-state index contributed by atoms with van der Waals surface area (Å²) in [7, 11) is 0. The molecule has 0 spiro atoms.